The average molecular weight is 324 g/mol. The fourth-order valence-electron chi connectivity index (χ4n) is 3.33. The van der Waals surface area contributed by atoms with E-state index >= 15 is 0 Å². The summed E-state index contributed by atoms with van der Waals surface area (Å²) in [5.41, 5.74) is 2.08. The number of nitrogens with one attached hydrogen (secondary N) is 2. The third-order valence-electron chi connectivity index (χ3n) is 4.93. The second kappa shape index (κ2) is 6.77. The van der Waals surface area contributed by atoms with Gasteiger partial charge >= 0.3 is 0 Å². The van der Waals surface area contributed by atoms with E-state index in [0.717, 1.165) is 36.7 Å². The van der Waals surface area contributed by atoms with Crippen LogP contribution in [0.3, 0.4) is 0 Å². The molecule has 24 heavy (non-hydrogen) atoms. The maximum Gasteiger partial charge on any atom is 0.225 e. The highest BCUT2D eigenvalue weighted by molar-refractivity contribution is 5.90. The first kappa shape index (κ1) is 15.4. The maximum absolute atomic E-state index is 12.4. The molecule has 2 aromatic rings. The Morgan fingerprint density at radius 3 is 2.79 bits per heavy atom. The molecule has 2 fully saturated rings. The van der Waals surface area contributed by atoms with Crippen LogP contribution in [0.15, 0.2) is 36.4 Å². The van der Waals surface area contributed by atoms with E-state index in [1.54, 1.807) is 0 Å². The lowest BCUT2D eigenvalue weighted by molar-refractivity contribution is -0.116. The van der Waals surface area contributed by atoms with Crippen LogP contribution in [-0.4, -0.2) is 28.8 Å². The van der Waals surface area contributed by atoms with Crippen molar-refractivity contribution >= 4 is 11.7 Å². The van der Waals surface area contributed by atoms with Gasteiger partial charge in [0.2, 0.25) is 5.91 Å². The molecule has 2 heterocycles. The number of carbonyl (C=O) groups is 1. The first-order chi connectivity index (χ1) is 11.8. The molecule has 2 aliphatic rings. The summed E-state index contributed by atoms with van der Waals surface area (Å²) in [5, 5.41) is 11.2. The summed E-state index contributed by atoms with van der Waals surface area (Å²) < 4.78 is 1.86. The van der Waals surface area contributed by atoms with Gasteiger partial charge in [0.1, 0.15) is 5.82 Å². The molecule has 1 amide bonds. The van der Waals surface area contributed by atoms with Crippen LogP contribution >= 0.6 is 0 Å². The topological polar surface area (TPSA) is 59.0 Å². The smallest absolute Gasteiger partial charge is 0.225 e. The second-order valence-corrected chi connectivity index (χ2v) is 6.92. The molecular formula is C19H24N4O. The summed E-state index contributed by atoms with van der Waals surface area (Å²) in [6.45, 7) is 2.12. The summed E-state index contributed by atoms with van der Waals surface area (Å²) in [4.78, 5) is 12.4. The summed E-state index contributed by atoms with van der Waals surface area (Å²) in [6, 6.07) is 12.1. The molecule has 1 atom stereocenters. The van der Waals surface area contributed by atoms with Crippen LogP contribution in [0.5, 0.6) is 0 Å². The number of hydrogen-bond donors (Lipinski definition) is 2. The molecule has 1 aliphatic carbocycles. The van der Waals surface area contributed by atoms with E-state index in [0.29, 0.717) is 18.3 Å². The predicted molar refractivity (Wildman–Crippen MR) is 94.4 cm³/mol. The van der Waals surface area contributed by atoms with Crippen LogP contribution < -0.4 is 10.6 Å². The van der Waals surface area contributed by atoms with E-state index in [4.69, 9.17) is 5.10 Å². The van der Waals surface area contributed by atoms with Gasteiger partial charge in [0.25, 0.3) is 0 Å². The van der Waals surface area contributed by atoms with Gasteiger partial charge in [-0.1, -0.05) is 18.2 Å². The zero-order chi connectivity index (χ0) is 16.4. The van der Waals surface area contributed by atoms with Gasteiger partial charge in [-0.2, -0.15) is 5.10 Å². The highest BCUT2D eigenvalue weighted by Gasteiger charge is 2.28. The third kappa shape index (κ3) is 3.51. The number of para-hydroxylation sites is 1. The molecule has 1 saturated carbocycles. The van der Waals surface area contributed by atoms with Crippen LogP contribution in [0, 0.1) is 5.92 Å². The highest BCUT2D eigenvalue weighted by Crippen LogP contribution is 2.40. The van der Waals surface area contributed by atoms with E-state index in [-0.39, 0.29) is 5.91 Å². The molecule has 5 nitrogen and oxygen atoms in total. The Bertz CT molecular complexity index is 699. The van der Waals surface area contributed by atoms with Gasteiger partial charge in [0.05, 0.1) is 11.4 Å². The van der Waals surface area contributed by atoms with Crippen molar-refractivity contribution in [3.63, 3.8) is 0 Å². The van der Waals surface area contributed by atoms with Gasteiger partial charge in [-0.3, -0.25) is 4.79 Å². The van der Waals surface area contributed by atoms with Crippen LogP contribution in [-0.2, 0) is 4.79 Å². The minimum absolute atomic E-state index is 0.0846. The Labute approximate surface area is 142 Å². The summed E-state index contributed by atoms with van der Waals surface area (Å²) in [5.74, 6) is 2.07. The van der Waals surface area contributed by atoms with Gasteiger partial charge in [0.15, 0.2) is 0 Å². The van der Waals surface area contributed by atoms with Crippen LogP contribution in [0.4, 0.5) is 5.82 Å². The molecule has 1 aliphatic heterocycles. The number of benzene rings is 1. The van der Waals surface area contributed by atoms with Crippen molar-refractivity contribution in [1.82, 2.24) is 15.1 Å². The Hall–Kier alpha value is -2.14. The molecule has 5 heteroatoms. The quantitative estimate of drug-likeness (QED) is 0.858. The van der Waals surface area contributed by atoms with E-state index in [1.807, 2.05) is 41.1 Å². The zero-order valence-electron chi connectivity index (χ0n) is 13.9. The minimum atomic E-state index is 0.0846. The van der Waals surface area contributed by atoms with E-state index < -0.39 is 0 Å². The largest absolute Gasteiger partial charge is 0.316 e. The van der Waals surface area contributed by atoms with Gasteiger partial charge in [-0.25, -0.2) is 4.68 Å². The Morgan fingerprint density at radius 1 is 1.25 bits per heavy atom. The fourth-order valence-corrected chi connectivity index (χ4v) is 3.33. The summed E-state index contributed by atoms with van der Waals surface area (Å²) >= 11 is 0. The Kier molecular flexibility index (Phi) is 4.34. The summed E-state index contributed by atoms with van der Waals surface area (Å²) in [6.07, 6.45) is 5.11. The first-order valence-corrected chi connectivity index (χ1v) is 8.95. The molecule has 0 bridgehead atoms. The molecule has 4 rings (SSSR count). The normalized spacial score (nSPS) is 20.2. The maximum atomic E-state index is 12.4. The average Bonchev–Trinajstić information content (AvgIpc) is 3.17. The summed E-state index contributed by atoms with van der Waals surface area (Å²) in [7, 11) is 0. The van der Waals surface area contributed by atoms with Crippen LogP contribution in [0.25, 0.3) is 5.69 Å². The van der Waals surface area contributed by atoms with Crippen molar-refractivity contribution < 1.29 is 4.79 Å². The monoisotopic (exact) mass is 324 g/mol. The second-order valence-electron chi connectivity index (χ2n) is 6.92. The van der Waals surface area contributed by atoms with Crippen molar-refractivity contribution in [3.05, 3.63) is 42.1 Å². The van der Waals surface area contributed by atoms with Crippen LogP contribution in [0.2, 0.25) is 0 Å². The van der Waals surface area contributed by atoms with Crippen molar-refractivity contribution in [1.29, 1.82) is 0 Å². The predicted octanol–water partition coefficient (Wildman–Crippen LogP) is 3.08. The third-order valence-corrected chi connectivity index (χ3v) is 4.93. The molecule has 1 saturated heterocycles. The molecule has 0 radical (unpaired) electrons. The van der Waals surface area contributed by atoms with Crippen molar-refractivity contribution in [2.24, 2.45) is 5.92 Å². The molecule has 1 aromatic heterocycles. The van der Waals surface area contributed by atoms with E-state index in [1.165, 1.54) is 19.3 Å². The Balaban J connectivity index is 1.47. The first-order valence-electron chi connectivity index (χ1n) is 8.95. The zero-order valence-corrected chi connectivity index (χ0v) is 13.9. The number of hydrogen-bond acceptors (Lipinski definition) is 3. The highest BCUT2D eigenvalue weighted by atomic mass is 16.1. The standard InChI is InChI=1S/C19H24N4O/c24-19(9-6-14-10-11-20-13-14)21-18-12-17(15-7-8-15)22-23(18)16-4-2-1-3-5-16/h1-5,12,14-15,20H,6-11,13H2,(H,21,24). The molecule has 1 aromatic carbocycles. The van der Waals surface area contributed by atoms with Crippen molar-refractivity contribution in [2.45, 2.75) is 38.0 Å². The van der Waals surface area contributed by atoms with Gasteiger partial charge in [-0.05, 0) is 56.8 Å². The van der Waals surface area contributed by atoms with Crippen molar-refractivity contribution in [3.8, 4) is 5.69 Å². The van der Waals surface area contributed by atoms with Gasteiger partial charge < -0.3 is 10.6 Å². The number of aromatic nitrogens is 2. The number of amides is 1. The van der Waals surface area contributed by atoms with Gasteiger partial charge in [-0.15, -0.1) is 0 Å². The van der Waals surface area contributed by atoms with Crippen LogP contribution in [0.1, 0.15) is 43.7 Å². The molecule has 2 N–H and O–H groups in total. The Morgan fingerprint density at radius 2 is 2.08 bits per heavy atom. The van der Waals surface area contributed by atoms with Gasteiger partial charge in [0, 0.05) is 18.4 Å². The SMILES string of the molecule is O=C(CCC1CCNC1)Nc1cc(C2CC2)nn1-c1ccccc1. The molecule has 126 valence electrons. The molecule has 0 spiro atoms. The number of anilines is 1. The molecular weight excluding hydrogens is 300 g/mol. The minimum Gasteiger partial charge on any atom is -0.316 e. The fraction of sp³-hybridized carbons (Fsp3) is 0.474. The van der Waals surface area contributed by atoms with E-state index in [9.17, 15) is 4.79 Å². The lowest BCUT2D eigenvalue weighted by Crippen LogP contribution is -2.17. The lowest BCUT2D eigenvalue weighted by atomic mass is 10.0. The van der Waals surface area contributed by atoms with Crippen molar-refractivity contribution in [2.75, 3.05) is 18.4 Å². The number of rotatable bonds is 6. The molecule has 1 unspecified atom stereocenters. The van der Waals surface area contributed by atoms with E-state index in [2.05, 4.69) is 10.6 Å². The number of nitrogens with zero attached hydrogens (tertiary/aromatic N) is 2. The number of carbonyl (C=O) groups excluding carboxylic acids is 1. The lowest BCUT2D eigenvalue weighted by Gasteiger charge is -2.10.